The molecule has 2 aliphatic heterocycles. The fourth-order valence-electron chi connectivity index (χ4n) is 6.30. The number of hydrogen-bond donors (Lipinski definition) is 0. The summed E-state index contributed by atoms with van der Waals surface area (Å²) >= 11 is 0. The lowest BCUT2D eigenvalue weighted by Gasteiger charge is -2.35. The maximum absolute atomic E-state index is 12.8. The normalized spacial score (nSPS) is 20.3. The van der Waals surface area contributed by atoms with Gasteiger partial charge in [0, 0.05) is 49.9 Å². The third-order valence-corrected chi connectivity index (χ3v) is 8.38. The number of pyridine rings is 1. The lowest BCUT2D eigenvalue weighted by molar-refractivity contribution is 0.0793. The number of likely N-dealkylation sites (tertiary alicyclic amines) is 2. The molecule has 2 saturated heterocycles. The van der Waals surface area contributed by atoms with E-state index >= 15 is 0 Å². The lowest BCUT2D eigenvalue weighted by Crippen LogP contribution is -2.40. The Morgan fingerprint density at radius 1 is 0.889 bits per heavy atom. The van der Waals surface area contributed by atoms with Crippen molar-refractivity contribution in [2.75, 3.05) is 32.7 Å². The third-order valence-electron chi connectivity index (χ3n) is 8.38. The zero-order valence-electron chi connectivity index (χ0n) is 21.3. The summed E-state index contributed by atoms with van der Waals surface area (Å²) in [5.41, 5.74) is 1.82. The summed E-state index contributed by atoms with van der Waals surface area (Å²) in [7, 11) is 0. The number of ether oxygens (including phenoxy) is 1. The minimum atomic E-state index is 0.140. The molecule has 2 aromatic heterocycles. The Hall–Kier alpha value is -2.86. The first kappa shape index (κ1) is 23.5. The Kier molecular flexibility index (Phi) is 6.95. The van der Waals surface area contributed by atoms with Gasteiger partial charge in [-0.3, -0.25) is 4.79 Å². The van der Waals surface area contributed by atoms with E-state index in [9.17, 15) is 4.79 Å². The highest BCUT2D eigenvalue weighted by Gasteiger charge is 2.24. The molecule has 4 heterocycles. The van der Waals surface area contributed by atoms with E-state index in [-0.39, 0.29) is 12.0 Å². The minimum Gasteiger partial charge on any atom is -0.489 e. The van der Waals surface area contributed by atoms with E-state index in [0.717, 1.165) is 85.8 Å². The van der Waals surface area contributed by atoms with E-state index < -0.39 is 0 Å². The van der Waals surface area contributed by atoms with Crippen LogP contribution in [0.4, 0.5) is 0 Å². The summed E-state index contributed by atoms with van der Waals surface area (Å²) < 4.78 is 8.38. The van der Waals surface area contributed by atoms with Gasteiger partial charge >= 0.3 is 0 Å². The molecule has 0 radical (unpaired) electrons. The molecule has 0 atom stereocenters. The van der Waals surface area contributed by atoms with Crippen LogP contribution in [-0.2, 0) is 0 Å². The smallest absolute Gasteiger partial charge is 0.253 e. The van der Waals surface area contributed by atoms with Crippen molar-refractivity contribution in [3.05, 3.63) is 54.4 Å². The number of fused-ring (bicyclic) bond motifs is 1. The molecule has 3 fully saturated rings. The zero-order valence-corrected chi connectivity index (χ0v) is 21.3. The quantitative estimate of drug-likeness (QED) is 0.449. The van der Waals surface area contributed by atoms with E-state index in [4.69, 9.17) is 9.72 Å². The van der Waals surface area contributed by atoms with Gasteiger partial charge in [-0.2, -0.15) is 0 Å². The molecule has 0 N–H and O–H groups in total. The van der Waals surface area contributed by atoms with Crippen molar-refractivity contribution in [1.82, 2.24) is 19.4 Å². The van der Waals surface area contributed by atoms with Crippen LogP contribution in [0.15, 0.2) is 48.8 Å². The molecule has 0 bridgehead atoms. The molecule has 1 saturated carbocycles. The van der Waals surface area contributed by atoms with E-state index in [0.29, 0.717) is 0 Å². The number of hydrogen-bond acceptors (Lipinski definition) is 4. The second-order valence-corrected chi connectivity index (χ2v) is 10.9. The molecule has 3 aromatic rings. The Labute approximate surface area is 214 Å². The lowest BCUT2D eigenvalue weighted by atomic mass is 9.88. The maximum atomic E-state index is 12.8. The molecular weight excluding hydrogens is 448 g/mol. The molecule has 6 rings (SSSR count). The van der Waals surface area contributed by atoms with E-state index in [1.54, 1.807) is 0 Å². The fraction of sp³-hybridized carbons (Fsp3) is 0.533. The van der Waals surface area contributed by atoms with Gasteiger partial charge in [-0.25, -0.2) is 4.98 Å². The number of rotatable bonds is 6. The van der Waals surface area contributed by atoms with Crippen LogP contribution in [0.25, 0.3) is 16.7 Å². The molecule has 3 aliphatic rings. The number of nitrogens with zero attached hydrogens (tertiary/aromatic N) is 4. The molecule has 0 spiro atoms. The van der Waals surface area contributed by atoms with Gasteiger partial charge < -0.3 is 19.1 Å². The van der Waals surface area contributed by atoms with Gasteiger partial charge in [0.05, 0.1) is 11.7 Å². The Balaban J connectivity index is 1.06. The summed E-state index contributed by atoms with van der Waals surface area (Å²) in [6, 6.07) is 12.1. The molecule has 6 heteroatoms. The van der Waals surface area contributed by atoms with Crippen molar-refractivity contribution in [3.63, 3.8) is 0 Å². The van der Waals surface area contributed by atoms with Crippen LogP contribution < -0.4 is 4.74 Å². The SMILES string of the molecule is O=C(c1ccc2c(ccn2-c2ccc(OC3CCN(CC4CCCCC4)CC3)cn2)c1)N1CCCC1. The van der Waals surface area contributed by atoms with Crippen molar-refractivity contribution in [3.8, 4) is 11.6 Å². The number of carbonyl (C=O) groups is 1. The Bertz CT molecular complexity index is 1170. The third kappa shape index (κ3) is 5.15. The van der Waals surface area contributed by atoms with Crippen molar-refractivity contribution < 1.29 is 9.53 Å². The number of benzene rings is 1. The van der Waals surface area contributed by atoms with Crippen molar-refractivity contribution in [2.24, 2.45) is 5.92 Å². The average Bonchev–Trinajstić information content (AvgIpc) is 3.61. The molecule has 6 nitrogen and oxygen atoms in total. The molecule has 36 heavy (non-hydrogen) atoms. The van der Waals surface area contributed by atoms with E-state index in [1.165, 1.54) is 38.6 Å². The van der Waals surface area contributed by atoms with Gasteiger partial charge in [-0.15, -0.1) is 0 Å². The number of carbonyl (C=O) groups excluding carboxylic acids is 1. The number of aromatic nitrogens is 2. The summed E-state index contributed by atoms with van der Waals surface area (Å²) in [5, 5.41) is 1.06. The predicted molar refractivity (Wildman–Crippen MR) is 143 cm³/mol. The fourth-order valence-corrected chi connectivity index (χ4v) is 6.30. The Morgan fingerprint density at radius 3 is 2.44 bits per heavy atom. The van der Waals surface area contributed by atoms with Crippen LogP contribution in [-0.4, -0.2) is 64.1 Å². The topological polar surface area (TPSA) is 50.6 Å². The minimum absolute atomic E-state index is 0.140. The van der Waals surface area contributed by atoms with Crippen molar-refractivity contribution >= 4 is 16.8 Å². The molecule has 1 aromatic carbocycles. The van der Waals surface area contributed by atoms with E-state index in [2.05, 4.69) is 15.5 Å². The van der Waals surface area contributed by atoms with Crippen LogP contribution in [0.5, 0.6) is 5.75 Å². The average molecular weight is 487 g/mol. The largest absolute Gasteiger partial charge is 0.489 e. The molecule has 190 valence electrons. The van der Waals surface area contributed by atoms with Crippen LogP contribution in [0.1, 0.15) is 68.1 Å². The second-order valence-electron chi connectivity index (χ2n) is 10.9. The van der Waals surface area contributed by atoms with Gasteiger partial charge in [-0.05, 0) is 80.8 Å². The maximum Gasteiger partial charge on any atom is 0.253 e. The Morgan fingerprint density at radius 2 is 1.69 bits per heavy atom. The molecule has 0 unspecified atom stereocenters. The van der Waals surface area contributed by atoms with Crippen LogP contribution in [0.2, 0.25) is 0 Å². The monoisotopic (exact) mass is 486 g/mol. The zero-order chi connectivity index (χ0) is 24.3. The van der Waals surface area contributed by atoms with Gasteiger partial charge in [0.15, 0.2) is 0 Å². The predicted octanol–water partition coefficient (Wildman–Crippen LogP) is 5.69. The first-order chi connectivity index (χ1) is 17.7. The summed E-state index contributed by atoms with van der Waals surface area (Å²) in [6.45, 7) is 5.31. The molecule has 1 amide bonds. The number of piperidine rings is 1. The van der Waals surface area contributed by atoms with Crippen molar-refractivity contribution in [1.29, 1.82) is 0 Å². The second kappa shape index (κ2) is 10.6. The first-order valence-corrected chi connectivity index (χ1v) is 14.0. The van der Waals surface area contributed by atoms with Crippen molar-refractivity contribution in [2.45, 2.75) is 63.9 Å². The van der Waals surface area contributed by atoms with Gasteiger partial charge in [0.2, 0.25) is 0 Å². The summed E-state index contributed by atoms with van der Waals surface area (Å²) in [5.74, 6) is 2.76. The molecular formula is C30H38N4O2. The van der Waals surface area contributed by atoms with Gasteiger partial charge in [0.1, 0.15) is 17.7 Å². The van der Waals surface area contributed by atoms with Gasteiger partial charge in [-0.1, -0.05) is 19.3 Å². The summed E-state index contributed by atoms with van der Waals surface area (Å²) in [6.07, 6.45) is 15.7. The summed E-state index contributed by atoms with van der Waals surface area (Å²) in [4.78, 5) is 22.1. The van der Waals surface area contributed by atoms with E-state index in [1.807, 2.05) is 47.6 Å². The van der Waals surface area contributed by atoms with Crippen LogP contribution in [0, 0.1) is 5.92 Å². The highest BCUT2D eigenvalue weighted by molar-refractivity contribution is 5.98. The first-order valence-electron chi connectivity index (χ1n) is 14.0. The van der Waals surface area contributed by atoms with Gasteiger partial charge in [0.25, 0.3) is 5.91 Å². The van der Waals surface area contributed by atoms with Crippen LogP contribution >= 0.6 is 0 Å². The van der Waals surface area contributed by atoms with Crippen LogP contribution in [0.3, 0.4) is 0 Å². The number of amides is 1. The standard InChI is InChI=1S/C30H38N4O2/c35-30(33-15-4-5-16-33)25-8-10-28-24(20-25)12-19-34(28)29-11-9-27(21-31-29)36-26-13-17-32(18-14-26)22-23-6-2-1-3-7-23/h8-12,19-21,23,26H,1-7,13-18,22H2. The highest BCUT2D eigenvalue weighted by atomic mass is 16.5. The molecule has 1 aliphatic carbocycles. The highest BCUT2D eigenvalue weighted by Crippen LogP contribution is 2.27.